The molecule has 4 rings (SSSR count). The number of anilines is 1. The molecule has 2 aromatic heterocycles. The van der Waals surface area contributed by atoms with Crippen LogP contribution >= 0.6 is 0 Å². The maximum absolute atomic E-state index is 13.3. The second-order valence-corrected chi connectivity index (χ2v) is 11.0. The summed E-state index contributed by atoms with van der Waals surface area (Å²) in [5.74, 6) is -0.610. The fourth-order valence-electron chi connectivity index (χ4n) is 4.51. The van der Waals surface area contributed by atoms with Gasteiger partial charge in [0.15, 0.2) is 0 Å². The Labute approximate surface area is 214 Å². The van der Waals surface area contributed by atoms with Crippen molar-refractivity contribution in [2.75, 3.05) is 43.8 Å². The molecule has 0 unspecified atom stereocenters. The third-order valence-corrected chi connectivity index (χ3v) is 7.60. The molecule has 1 aliphatic heterocycles. The van der Waals surface area contributed by atoms with Crippen LogP contribution in [-0.2, 0) is 22.9 Å². The molecule has 3 aromatic rings. The van der Waals surface area contributed by atoms with E-state index >= 15 is 0 Å². The first-order valence-electron chi connectivity index (χ1n) is 12.0. The van der Waals surface area contributed by atoms with Gasteiger partial charge in [-0.15, -0.1) is 0 Å². The lowest BCUT2D eigenvalue weighted by molar-refractivity contribution is 0.1000. The fourth-order valence-corrected chi connectivity index (χ4v) is 5.44. The molecule has 3 amide bonds. The van der Waals surface area contributed by atoms with Gasteiger partial charge in [0.1, 0.15) is 17.4 Å². The zero-order valence-corrected chi connectivity index (χ0v) is 21.8. The molecule has 12 heteroatoms. The summed E-state index contributed by atoms with van der Waals surface area (Å²) in [7, 11) is -2.00. The molecule has 0 saturated carbocycles. The van der Waals surface area contributed by atoms with Gasteiger partial charge in [-0.25, -0.2) is 17.6 Å². The Morgan fingerprint density at radius 1 is 1.24 bits per heavy atom. The number of likely N-dealkylation sites (N-methyl/N-ethyl adjacent to an activating group) is 1. The van der Waals surface area contributed by atoms with Crippen LogP contribution in [0.4, 0.5) is 15.0 Å². The highest BCUT2D eigenvalue weighted by Gasteiger charge is 2.28. The third-order valence-electron chi connectivity index (χ3n) is 6.45. The van der Waals surface area contributed by atoms with Crippen molar-refractivity contribution in [1.29, 1.82) is 0 Å². The SMILES string of the molecule is CCc1cc2c(C(N)=O)c(Cc3ccc(F)cc3)oc2nc1N(CCCN1CCN(C)C1=O)S(C)(=O)=O. The van der Waals surface area contributed by atoms with E-state index in [2.05, 4.69) is 4.98 Å². The Morgan fingerprint density at radius 3 is 2.51 bits per heavy atom. The molecule has 37 heavy (non-hydrogen) atoms. The van der Waals surface area contributed by atoms with Gasteiger partial charge in [-0.3, -0.25) is 9.10 Å². The Kier molecular flexibility index (Phi) is 7.39. The standard InChI is InChI=1S/C25H30FN5O5S/c1-4-17-15-19-21(22(27)32)20(14-16-6-8-18(26)9-7-16)36-24(19)28-23(17)31(37(3,34)35)11-5-10-30-13-12-29(2)25(30)33/h6-9,15H,4-5,10-14H2,1-3H3,(H2,27,32). The van der Waals surface area contributed by atoms with Crippen LogP contribution in [0.3, 0.4) is 0 Å². The predicted octanol–water partition coefficient (Wildman–Crippen LogP) is 2.74. The molecule has 0 bridgehead atoms. The van der Waals surface area contributed by atoms with Crippen molar-refractivity contribution in [2.24, 2.45) is 5.73 Å². The van der Waals surface area contributed by atoms with Crippen molar-refractivity contribution in [3.05, 3.63) is 58.6 Å². The van der Waals surface area contributed by atoms with Crippen LogP contribution < -0.4 is 10.0 Å². The van der Waals surface area contributed by atoms with E-state index in [0.717, 1.165) is 6.26 Å². The number of hydrogen-bond donors (Lipinski definition) is 1. The number of aromatic nitrogens is 1. The van der Waals surface area contributed by atoms with Gasteiger partial charge in [0.05, 0.1) is 17.2 Å². The van der Waals surface area contributed by atoms with E-state index in [4.69, 9.17) is 10.2 Å². The molecule has 1 aromatic carbocycles. The summed E-state index contributed by atoms with van der Waals surface area (Å²) in [6.07, 6.45) is 2.14. The predicted molar refractivity (Wildman–Crippen MR) is 138 cm³/mol. The number of furan rings is 1. The summed E-state index contributed by atoms with van der Waals surface area (Å²) in [5, 5.41) is 0.393. The van der Waals surface area contributed by atoms with Gasteiger partial charge in [-0.2, -0.15) is 4.98 Å². The topological polar surface area (TPSA) is 130 Å². The first-order chi connectivity index (χ1) is 17.5. The van der Waals surface area contributed by atoms with Crippen molar-refractivity contribution >= 4 is 38.9 Å². The number of halogens is 1. The quantitative estimate of drug-likeness (QED) is 0.428. The van der Waals surface area contributed by atoms with Gasteiger partial charge < -0.3 is 20.0 Å². The van der Waals surface area contributed by atoms with Crippen LogP contribution in [0.2, 0.25) is 0 Å². The zero-order chi connectivity index (χ0) is 26.9. The second kappa shape index (κ2) is 10.4. The molecule has 0 atom stereocenters. The number of aryl methyl sites for hydroxylation is 1. The highest BCUT2D eigenvalue weighted by molar-refractivity contribution is 7.92. The van der Waals surface area contributed by atoms with E-state index in [1.807, 2.05) is 6.92 Å². The first-order valence-corrected chi connectivity index (χ1v) is 13.8. The summed E-state index contributed by atoms with van der Waals surface area (Å²) in [6.45, 7) is 3.61. The highest BCUT2D eigenvalue weighted by Crippen LogP contribution is 2.32. The normalized spacial score (nSPS) is 14.1. The van der Waals surface area contributed by atoms with Crippen molar-refractivity contribution in [1.82, 2.24) is 14.8 Å². The summed E-state index contributed by atoms with van der Waals surface area (Å²) in [6, 6.07) is 7.39. The summed E-state index contributed by atoms with van der Waals surface area (Å²) in [4.78, 5) is 32.4. The van der Waals surface area contributed by atoms with Gasteiger partial charge >= 0.3 is 6.03 Å². The third kappa shape index (κ3) is 5.53. The summed E-state index contributed by atoms with van der Waals surface area (Å²) in [5.41, 5.74) is 7.24. The average molecular weight is 532 g/mol. The monoisotopic (exact) mass is 531 g/mol. The van der Waals surface area contributed by atoms with Crippen LogP contribution in [0.1, 0.15) is 40.6 Å². The molecule has 3 heterocycles. The number of carbonyl (C=O) groups is 2. The fraction of sp³-hybridized carbons (Fsp3) is 0.400. The number of amides is 3. The van der Waals surface area contributed by atoms with Gasteiger partial charge in [0, 0.05) is 39.6 Å². The van der Waals surface area contributed by atoms with E-state index < -0.39 is 15.9 Å². The smallest absolute Gasteiger partial charge is 0.319 e. The molecule has 0 radical (unpaired) electrons. The lowest BCUT2D eigenvalue weighted by Gasteiger charge is -2.24. The van der Waals surface area contributed by atoms with Crippen molar-refractivity contribution < 1.29 is 26.8 Å². The molecule has 0 aliphatic carbocycles. The summed E-state index contributed by atoms with van der Waals surface area (Å²) >= 11 is 0. The minimum absolute atomic E-state index is 0.0806. The molecule has 2 N–H and O–H groups in total. The number of benzene rings is 1. The van der Waals surface area contributed by atoms with E-state index in [1.54, 1.807) is 35.0 Å². The lowest BCUT2D eigenvalue weighted by atomic mass is 10.0. The van der Waals surface area contributed by atoms with Gasteiger partial charge in [0.25, 0.3) is 5.91 Å². The number of pyridine rings is 1. The Bertz CT molecular complexity index is 1440. The Balaban J connectivity index is 1.70. The molecule has 1 saturated heterocycles. The van der Waals surface area contributed by atoms with Crippen LogP contribution in [0.25, 0.3) is 11.1 Å². The maximum Gasteiger partial charge on any atom is 0.319 e. The molecule has 0 spiro atoms. The van der Waals surface area contributed by atoms with E-state index in [-0.39, 0.29) is 47.7 Å². The number of primary amides is 1. The van der Waals surface area contributed by atoms with Crippen LogP contribution in [0, 0.1) is 5.82 Å². The highest BCUT2D eigenvalue weighted by atomic mass is 32.2. The van der Waals surface area contributed by atoms with Crippen molar-refractivity contribution in [3.8, 4) is 0 Å². The van der Waals surface area contributed by atoms with Crippen molar-refractivity contribution in [2.45, 2.75) is 26.2 Å². The molecule has 1 aliphatic rings. The molecule has 1 fully saturated rings. The Hall–Kier alpha value is -3.67. The number of rotatable bonds is 10. The molecular formula is C25H30FN5O5S. The van der Waals surface area contributed by atoms with E-state index in [9.17, 15) is 22.4 Å². The number of hydrogen-bond acceptors (Lipinski definition) is 6. The lowest BCUT2D eigenvalue weighted by Crippen LogP contribution is -2.36. The number of nitrogens with zero attached hydrogens (tertiary/aromatic N) is 4. The van der Waals surface area contributed by atoms with Crippen LogP contribution in [0.15, 0.2) is 34.7 Å². The van der Waals surface area contributed by atoms with Gasteiger partial charge in [-0.05, 0) is 42.2 Å². The van der Waals surface area contributed by atoms with E-state index in [1.165, 1.54) is 16.4 Å². The van der Waals surface area contributed by atoms with Crippen LogP contribution in [-0.4, -0.2) is 74.6 Å². The van der Waals surface area contributed by atoms with Crippen LogP contribution in [0.5, 0.6) is 0 Å². The van der Waals surface area contributed by atoms with E-state index in [0.29, 0.717) is 49.0 Å². The zero-order valence-electron chi connectivity index (χ0n) is 21.0. The molecule has 10 nitrogen and oxygen atoms in total. The number of nitrogens with two attached hydrogens (primary N) is 1. The Morgan fingerprint density at radius 2 is 1.95 bits per heavy atom. The minimum Gasteiger partial charge on any atom is -0.441 e. The first kappa shape index (κ1) is 26.4. The minimum atomic E-state index is -3.72. The number of urea groups is 1. The molecular weight excluding hydrogens is 501 g/mol. The average Bonchev–Trinajstić information content (AvgIpc) is 3.35. The largest absolute Gasteiger partial charge is 0.441 e. The maximum atomic E-state index is 13.3. The van der Waals surface area contributed by atoms with Crippen molar-refractivity contribution in [3.63, 3.8) is 0 Å². The molecule has 198 valence electrons. The number of fused-ring (bicyclic) bond motifs is 1. The number of sulfonamides is 1. The summed E-state index contributed by atoms with van der Waals surface area (Å²) < 4.78 is 46.0. The second-order valence-electron chi connectivity index (χ2n) is 9.12. The van der Waals surface area contributed by atoms with Gasteiger partial charge in [-0.1, -0.05) is 19.1 Å². The number of carbonyl (C=O) groups excluding carboxylic acids is 2. The van der Waals surface area contributed by atoms with Gasteiger partial charge in [0.2, 0.25) is 15.7 Å².